The van der Waals surface area contributed by atoms with E-state index in [9.17, 15) is 9.18 Å². The second kappa shape index (κ2) is 11.5. The number of aryl methyl sites for hydroxylation is 1. The molecule has 2 unspecified atom stereocenters. The Bertz CT molecular complexity index is 1470. The maximum Gasteiger partial charge on any atom is 0.211 e. The molecular formula is C26H30FN8O3P. The fraction of sp³-hybridized carbons (Fsp3) is 0.346. The van der Waals surface area contributed by atoms with Crippen molar-refractivity contribution >= 4 is 38.0 Å². The number of ether oxygens (including phenoxy) is 2. The van der Waals surface area contributed by atoms with E-state index in [2.05, 4.69) is 30.8 Å². The van der Waals surface area contributed by atoms with Crippen LogP contribution >= 0.6 is 9.24 Å². The highest BCUT2D eigenvalue weighted by Crippen LogP contribution is 2.38. The van der Waals surface area contributed by atoms with Crippen molar-refractivity contribution in [3.63, 3.8) is 0 Å². The molecule has 0 aliphatic heterocycles. The second-order valence-electron chi connectivity index (χ2n) is 9.19. The zero-order valence-electron chi connectivity index (χ0n) is 21.8. The van der Waals surface area contributed by atoms with Gasteiger partial charge in [0.1, 0.15) is 12.1 Å². The molecule has 0 spiro atoms. The van der Waals surface area contributed by atoms with Crippen LogP contribution in [0.4, 0.5) is 27.4 Å². The normalized spacial score (nSPS) is 17.4. The lowest BCUT2D eigenvalue weighted by Crippen LogP contribution is -2.34. The first kappa shape index (κ1) is 26.7. The molecule has 39 heavy (non-hydrogen) atoms. The number of methoxy groups -OCH3 is 1. The maximum absolute atomic E-state index is 13.0. The SMILES string of the molecule is CCC(=O)c1cnc(Nc2ccn([C@H]3C[C@@H](OC(F)P)C3)n2)cc1Nc1cccc(-c2ncn(C)n2)c1OC. The number of halogens is 1. The topological polar surface area (TPSA) is 121 Å². The maximum atomic E-state index is 13.0. The van der Waals surface area contributed by atoms with E-state index in [0.29, 0.717) is 65.0 Å². The molecule has 3 heterocycles. The molecule has 204 valence electrons. The van der Waals surface area contributed by atoms with Gasteiger partial charge in [0.2, 0.25) is 6.10 Å². The summed E-state index contributed by atoms with van der Waals surface area (Å²) in [5.74, 6) is 2.13. The Hall–Kier alpha value is -3.89. The van der Waals surface area contributed by atoms with Crippen molar-refractivity contribution in [1.29, 1.82) is 0 Å². The highest BCUT2D eigenvalue weighted by atomic mass is 31.0. The van der Waals surface area contributed by atoms with Crippen LogP contribution in [0.1, 0.15) is 42.6 Å². The van der Waals surface area contributed by atoms with E-state index in [4.69, 9.17) is 9.47 Å². The number of pyridine rings is 1. The van der Waals surface area contributed by atoms with Crippen LogP contribution in [0.25, 0.3) is 11.4 Å². The minimum atomic E-state index is -1.35. The van der Waals surface area contributed by atoms with Crippen molar-refractivity contribution in [3.8, 4) is 17.1 Å². The van der Waals surface area contributed by atoms with Gasteiger partial charge in [0.25, 0.3) is 0 Å². The number of ketones is 1. The lowest BCUT2D eigenvalue weighted by molar-refractivity contribution is -0.0847. The van der Waals surface area contributed by atoms with Gasteiger partial charge >= 0.3 is 0 Å². The summed E-state index contributed by atoms with van der Waals surface area (Å²) in [5.41, 5.74) is 2.39. The summed E-state index contributed by atoms with van der Waals surface area (Å²) in [6.07, 6.45) is 5.31. The number of carbonyl (C=O) groups is 1. The molecule has 4 aromatic rings. The van der Waals surface area contributed by atoms with Crippen molar-refractivity contribution in [1.82, 2.24) is 29.5 Å². The quantitative estimate of drug-likeness (QED) is 0.195. The van der Waals surface area contributed by atoms with Crippen LogP contribution in [0, 0.1) is 0 Å². The number of nitrogens with zero attached hydrogens (tertiary/aromatic N) is 6. The molecule has 13 heteroatoms. The van der Waals surface area contributed by atoms with Gasteiger partial charge in [-0.15, -0.1) is 0 Å². The number of hydrogen-bond acceptors (Lipinski definition) is 9. The number of hydrogen-bond donors (Lipinski definition) is 2. The average Bonchev–Trinajstić information content (AvgIpc) is 3.54. The van der Waals surface area contributed by atoms with Gasteiger partial charge in [0.15, 0.2) is 23.2 Å². The first-order chi connectivity index (χ1) is 18.8. The lowest BCUT2D eigenvalue weighted by atomic mass is 9.89. The van der Waals surface area contributed by atoms with Gasteiger partial charge in [0.05, 0.1) is 41.8 Å². The smallest absolute Gasteiger partial charge is 0.211 e. The molecule has 0 bridgehead atoms. The van der Waals surface area contributed by atoms with Crippen LogP contribution in [0.3, 0.4) is 0 Å². The van der Waals surface area contributed by atoms with E-state index in [1.54, 1.807) is 37.4 Å². The van der Waals surface area contributed by atoms with Crippen LogP contribution in [0.5, 0.6) is 5.75 Å². The van der Waals surface area contributed by atoms with Crippen molar-refractivity contribution in [2.75, 3.05) is 17.7 Å². The average molecular weight is 553 g/mol. The number of alkyl halides is 1. The van der Waals surface area contributed by atoms with Gasteiger partial charge in [-0.1, -0.05) is 22.2 Å². The number of rotatable bonds is 11. The number of para-hydroxylation sites is 1. The molecule has 1 fully saturated rings. The molecule has 1 aliphatic rings. The highest BCUT2D eigenvalue weighted by molar-refractivity contribution is 7.16. The van der Waals surface area contributed by atoms with E-state index in [-0.39, 0.29) is 17.9 Å². The van der Waals surface area contributed by atoms with Gasteiger partial charge in [-0.25, -0.2) is 14.4 Å². The Morgan fingerprint density at radius 1 is 1.18 bits per heavy atom. The monoisotopic (exact) mass is 552 g/mol. The number of aromatic nitrogens is 6. The Labute approximate surface area is 227 Å². The first-order valence-electron chi connectivity index (χ1n) is 12.5. The van der Waals surface area contributed by atoms with E-state index in [1.807, 2.05) is 51.3 Å². The third-order valence-electron chi connectivity index (χ3n) is 6.49. The summed E-state index contributed by atoms with van der Waals surface area (Å²) in [7, 11) is 5.38. The zero-order valence-corrected chi connectivity index (χ0v) is 23.0. The van der Waals surface area contributed by atoms with E-state index >= 15 is 0 Å². The summed E-state index contributed by atoms with van der Waals surface area (Å²) in [6.45, 7) is 1.81. The number of anilines is 4. The predicted molar refractivity (Wildman–Crippen MR) is 148 cm³/mol. The summed E-state index contributed by atoms with van der Waals surface area (Å²) in [5, 5.41) is 15.5. The molecule has 1 aromatic carbocycles. The van der Waals surface area contributed by atoms with Crippen LogP contribution in [0.2, 0.25) is 0 Å². The molecule has 1 aliphatic carbocycles. The molecular weight excluding hydrogens is 522 g/mol. The Balaban J connectivity index is 1.38. The fourth-order valence-corrected chi connectivity index (χ4v) is 4.69. The van der Waals surface area contributed by atoms with Crippen LogP contribution < -0.4 is 15.4 Å². The van der Waals surface area contributed by atoms with Gasteiger partial charge in [0, 0.05) is 38.0 Å². The van der Waals surface area contributed by atoms with Crippen molar-refractivity contribution < 1.29 is 18.7 Å². The summed E-state index contributed by atoms with van der Waals surface area (Å²) >= 11 is 0. The lowest BCUT2D eigenvalue weighted by Gasteiger charge is -2.35. The number of nitrogens with one attached hydrogen (secondary N) is 2. The Morgan fingerprint density at radius 3 is 2.69 bits per heavy atom. The molecule has 3 aromatic heterocycles. The van der Waals surface area contributed by atoms with Gasteiger partial charge in [-0.2, -0.15) is 10.2 Å². The van der Waals surface area contributed by atoms with Crippen LogP contribution in [0.15, 0.2) is 49.1 Å². The fourth-order valence-electron chi connectivity index (χ4n) is 4.47. The van der Waals surface area contributed by atoms with E-state index in [0.717, 1.165) is 0 Å². The minimum Gasteiger partial charge on any atom is -0.494 e. The largest absolute Gasteiger partial charge is 0.494 e. The summed E-state index contributed by atoms with van der Waals surface area (Å²) in [4.78, 5) is 21.5. The molecule has 0 radical (unpaired) electrons. The van der Waals surface area contributed by atoms with Crippen LogP contribution in [-0.2, 0) is 11.8 Å². The standard InChI is InChI=1S/C26H30FN8O3P/c1-4-21(36)18-13-28-23(31-22-8-9-35(32-22)15-10-16(11-15)38-26(27)39)12-20(18)30-19-7-5-6-17(24(19)37-3)25-29-14-34(2)33-25/h5-9,12-16,26H,4,10-11,39H2,1-3H3,(H2,28,30,31,32)/t15-,16+,26?. The van der Waals surface area contributed by atoms with E-state index < -0.39 is 6.10 Å². The second-order valence-corrected chi connectivity index (χ2v) is 9.71. The third-order valence-corrected chi connectivity index (χ3v) is 6.64. The Kier molecular flexibility index (Phi) is 7.85. The zero-order chi connectivity index (χ0) is 27.5. The molecule has 0 saturated heterocycles. The van der Waals surface area contributed by atoms with Gasteiger partial charge in [-0.3, -0.25) is 14.2 Å². The number of carbonyl (C=O) groups excluding carboxylic acids is 1. The van der Waals surface area contributed by atoms with Gasteiger partial charge in [-0.05, 0) is 25.0 Å². The summed E-state index contributed by atoms with van der Waals surface area (Å²) < 4.78 is 27.4. The molecule has 2 N–H and O–H groups in total. The third kappa shape index (κ3) is 5.91. The highest BCUT2D eigenvalue weighted by Gasteiger charge is 2.33. The van der Waals surface area contributed by atoms with Crippen molar-refractivity contribution in [3.05, 3.63) is 54.6 Å². The molecule has 5 rings (SSSR count). The summed E-state index contributed by atoms with van der Waals surface area (Å²) in [6, 6.07) is 9.36. The minimum absolute atomic E-state index is 0.0508. The van der Waals surface area contributed by atoms with E-state index in [1.165, 1.54) is 0 Å². The Morgan fingerprint density at radius 2 is 2.00 bits per heavy atom. The van der Waals surface area contributed by atoms with Crippen molar-refractivity contribution in [2.24, 2.45) is 7.05 Å². The molecule has 2 atom stereocenters. The molecule has 1 saturated carbocycles. The number of benzene rings is 1. The first-order valence-corrected chi connectivity index (χ1v) is 13.2. The predicted octanol–water partition coefficient (Wildman–Crippen LogP) is 5.01. The van der Waals surface area contributed by atoms with Gasteiger partial charge < -0.3 is 20.1 Å². The van der Waals surface area contributed by atoms with Crippen molar-refractivity contribution in [2.45, 2.75) is 44.4 Å². The van der Waals surface area contributed by atoms with Crippen LogP contribution in [-0.4, -0.2) is 54.6 Å². The molecule has 11 nitrogen and oxygen atoms in total. The number of Topliss-reactive ketones (excluding diaryl/α,β-unsaturated/α-hetero) is 1. The molecule has 0 amide bonds.